The SMILES string of the molecule is Nc1cccc(S(=O)(=O)Nc2cccc(NS(=O)(=O)c3cccc(N)c3)n2)c1. The van der Waals surface area contributed by atoms with Crippen LogP contribution >= 0.6 is 0 Å². The Balaban J connectivity index is 1.85. The third-order valence-electron chi connectivity index (χ3n) is 3.56. The van der Waals surface area contributed by atoms with Gasteiger partial charge in [-0.3, -0.25) is 9.44 Å². The van der Waals surface area contributed by atoms with E-state index in [2.05, 4.69) is 14.4 Å². The summed E-state index contributed by atoms with van der Waals surface area (Å²) in [7, 11) is -7.88. The maximum atomic E-state index is 12.5. The molecule has 0 saturated carbocycles. The average Bonchev–Trinajstić information content (AvgIpc) is 2.61. The van der Waals surface area contributed by atoms with E-state index in [4.69, 9.17) is 11.5 Å². The zero-order chi connectivity index (χ0) is 20.4. The van der Waals surface area contributed by atoms with Crippen LogP contribution in [-0.4, -0.2) is 21.8 Å². The second-order valence-electron chi connectivity index (χ2n) is 5.76. The fourth-order valence-corrected chi connectivity index (χ4v) is 4.42. The van der Waals surface area contributed by atoms with Crippen molar-refractivity contribution < 1.29 is 16.8 Å². The van der Waals surface area contributed by atoms with Gasteiger partial charge in [-0.05, 0) is 48.5 Å². The number of nitrogens with two attached hydrogens (primary N) is 2. The number of hydrogen-bond acceptors (Lipinski definition) is 7. The number of pyridine rings is 1. The van der Waals surface area contributed by atoms with Crippen LogP contribution < -0.4 is 20.9 Å². The molecule has 3 rings (SSSR count). The van der Waals surface area contributed by atoms with Crippen molar-refractivity contribution in [3.05, 3.63) is 66.7 Å². The first-order valence-corrected chi connectivity index (χ1v) is 10.9. The largest absolute Gasteiger partial charge is 0.399 e. The summed E-state index contributed by atoms with van der Waals surface area (Å²) in [5, 5.41) is 0. The molecule has 0 spiro atoms. The maximum Gasteiger partial charge on any atom is 0.263 e. The molecule has 28 heavy (non-hydrogen) atoms. The fourth-order valence-electron chi connectivity index (χ4n) is 2.30. The molecule has 0 amide bonds. The van der Waals surface area contributed by atoms with Crippen molar-refractivity contribution in [2.75, 3.05) is 20.9 Å². The molecular weight excluding hydrogens is 402 g/mol. The minimum atomic E-state index is -3.94. The molecule has 0 atom stereocenters. The molecule has 9 nitrogen and oxygen atoms in total. The van der Waals surface area contributed by atoms with Gasteiger partial charge in [0.2, 0.25) is 0 Å². The zero-order valence-electron chi connectivity index (χ0n) is 14.4. The van der Waals surface area contributed by atoms with E-state index in [0.29, 0.717) is 11.4 Å². The van der Waals surface area contributed by atoms with Gasteiger partial charge in [0.1, 0.15) is 11.6 Å². The predicted molar refractivity (Wildman–Crippen MR) is 108 cm³/mol. The molecule has 0 bridgehead atoms. The highest BCUT2D eigenvalue weighted by molar-refractivity contribution is 7.93. The standard InChI is InChI=1S/C17H17N5O4S2/c18-12-4-1-6-14(10-12)27(23,24)21-16-8-3-9-17(20-16)22-28(25,26)15-7-2-5-13(19)11-15/h1-11H,18-19H2,(H2,20,21,22). The van der Waals surface area contributed by atoms with E-state index < -0.39 is 20.0 Å². The highest BCUT2D eigenvalue weighted by atomic mass is 32.2. The molecule has 3 aromatic rings. The van der Waals surface area contributed by atoms with Crippen LogP contribution in [0.25, 0.3) is 0 Å². The summed E-state index contributed by atoms with van der Waals surface area (Å²) in [5.41, 5.74) is 11.8. The Labute approximate surface area is 162 Å². The lowest BCUT2D eigenvalue weighted by Gasteiger charge is -2.11. The number of benzene rings is 2. The van der Waals surface area contributed by atoms with Gasteiger partial charge in [-0.2, -0.15) is 0 Å². The number of nitrogens with one attached hydrogen (secondary N) is 2. The summed E-state index contributed by atoms with van der Waals surface area (Å²) in [6.45, 7) is 0. The molecule has 146 valence electrons. The van der Waals surface area contributed by atoms with Gasteiger partial charge in [-0.15, -0.1) is 0 Å². The Hall–Kier alpha value is -3.31. The first kappa shape index (κ1) is 19.5. The van der Waals surface area contributed by atoms with Crippen LogP contribution in [0.15, 0.2) is 76.5 Å². The van der Waals surface area contributed by atoms with Gasteiger partial charge < -0.3 is 11.5 Å². The highest BCUT2D eigenvalue weighted by Crippen LogP contribution is 2.20. The second kappa shape index (κ2) is 7.37. The van der Waals surface area contributed by atoms with Crippen molar-refractivity contribution in [2.24, 2.45) is 0 Å². The first-order valence-electron chi connectivity index (χ1n) is 7.89. The summed E-state index contributed by atoms with van der Waals surface area (Å²) in [6, 6.07) is 15.7. The summed E-state index contributed by atoms with van der Waals surface area (Å²) in [5.74, 6) is -0.120. The molecule has 0 saturated heterocycles. The first-order chi connectivity index (χ1) is 13.2. The Morgan fingerprint density at radius 2 is 1.04 bits per heavy atom. The number of nitrogens with zero attached hydrogens (tertiary/aromatic N) is 1. The third kappa shape index (κ3) is 4.50. The van der Waals surface area contributed by atoms with E-state index in [0.717, 1.165) is 0 Å². The Morgan fingerprint density at radius 3 is 1.43 bits per heavy atom. The maximum absolute atomic E-state index is 12.5. The molecule has 2 aromatic carbocycles. The van der Waals surface area contributed by atoms with Gasteiger partial charge in [0, 0.05) is 11.4 Å². The van der Waals surface area contributed by atoms with E-state index >= 15 is 0 Å². The van der Waals surface area contributed by atoms with Crippen LogP contribution in [0.4, 0.5) is 23.0 Å². The van der Waals surface area contributed by atoms with Crippen molar-refractivity contribution in [1.82, 2.24) is 4.98 Å². The second-order valence-corrected chi connectivity index (χ2v) is 9.13. The van der Waals surface area contributed by atoms with Gasteiger partial charge in [0.15, 0.2) is 0 Å². The lowest BCUT2D eigenvalue weighted by molar-refractivity contribution is 0.599. The molecule has 0 unspecified atom stereocenters. The lowest BCUT2D eigenvalue weighted by Crippen LogP contribution is -2.17. The van der Waals surface area contributed by atoms with Crippen molar-refractivity contribution >= 4 is 43.1 Å². The zero-order valence-corrected chi connectivity index (χ0v) is 16.0. The molecule has 0 aliphatic carbocycles. The minimum absolute atomic E-state index is 0.0416. The van der Waals surface area contributed by atoms with E-state index in [1.54, 1.807) is 12.1 Å². The highest BCUT2D eigenvalue weighted by Gasteiger charge is 2.18. The molecule has 6 N–H and O–H groups in total. The van der Waals surface area contributed by atoms with Crippen molar-refractivity contribution in [3.8, 4) is 0 Å². The van der Waals surface area contributed by atoms with Gasteiger partial charge in [0.25, 0.3) is 20.0 Å². The predicted octanol–water partition coefficient (Wildman–Crippen LogP) is 1.85. The van der Waals surface area contributed by atoms with Crippen LogP contribution in [0, 0.1) is 0 Å². The van der Waals surface area contributed by atoms with Gasteiger partial charge >= 0.3 is 0 Å². The topological polar surface area (TPSA) is 157 Å². The average molecular weight is 419 g/mol. The van der Waals surface area contributed by atoms with E-state index in [-0.39, 0.29) is 21.4 Å². The minimum Gasteiger partial charge on any atom is -0.399 e. The van der Waals surface area contributed by atoms with Crippen molar-refractivity contribution in [2.45, 2.75) is 9.79 Å². The van der Waals surface area contributed by atoms with Crippen molar-refractivity contribution in [3.63, 3.8) is 0 Å². The van der Waals surface area contributed by atoms with Crippen LogP contribution in [0.3, 0.4) is 0 Å². The molecular formula is C17H17N5O4S2. The number of hydrogen-bond donors (Lipinski definition) is 4. The number of sulfonamides is 2. The fraction of sp³-hybridized carbons (Fsp3) is 0. The van der Waals surface area contributed by atoms with Crippen LogP contribution in [0.2, 0.25) is 0 Å². The molecule has 0 aliphatic heterocycles. The molecule has 11 heteroatoms. The number of anilines is 4. The summed E-state index contributed by atoms with van der Waals surface area (Å²) in [4.78, 5) is 3.91. The Morgan fingerprint density at radius 1 is 0.643 bits per heavy atom. The van der Waals surface area contributed by atoms with Gasteiger partial charge in [0.05, 0.1) is 9.79 Å². The normalized spacial score (nSPS) is 11.7. The van der Waals surface area contributed by atoms with E-state index in [1.807, 2.05) is 0 Å². The molecule has 0 fully saturated rings. The van der Waals surface area contributed by atoms with E-state index in [1.165, 1.54) is 54.6 Å². The summed E-state index contributed by atoms with van der Waals surface area (Å²) >= 11 is 0. The van der Waals surface area contributed by atoms with Gasteiger partial charge in [-0.1, -0.05) is 18.2 Å². The smallest absolute Gasteiger partial charge is 0.263 e. The Bertz CT molecular complexity index is 1130. The lowest BCUT2D eigenvalue weighted by atomic mass is 10.3. The monoisotopic (exact) mass is 419 g/mol. The number of nitrogen functional groups attached to an aromatic ring is 2. The van der Waals surface area contributed by atoms with Crippen LogP contribution in [-0.2, 0) is 20.0 Å². The summed E-state index contributed by atoms with van der Waals surface area (Å²) in [6.07, 6.45) is 0. The molecule has 1 heterocycles. The molecule has 0 aliphatic rings. The van der Waals surface area contributed by atoms with E-state index in [9.17, 15) is 16.8 Å². The quantitative estimate of drug-likeness (QED) is 0.444. The summed E-state index contributed by atoms with van der Waals surface area (Å²) < 4.78 is 54.4. The van der Waals surface area contributed by atoms with Crippen molar-refractivity contribution in [1.29, 1.82) is 0 Å². The molecule has 1 aromatic heterocycles. The number of rotatable bonds is 6. The number of aromatic nitrogens is 1. The van der Waals surface area contributed by atoms with Gasteiger partial charge in [-0.25, -0.2) is 21.8 Å². The van der Waals surface area contributed by atoms with Crippen LogP contribution in [0.5, 0.6) is 0 Å². The third-order valence-corrected chi connectivity index (χ3v) is 6.27. The van der Waals surface area contributed by atoms with Crippen LogP contribution in [0.1, 0.15) is 0 Å². The Kier molecular flexibility index (Phi) is 5.12. The molecule has 0 radical (unpaired) electrons.